The topological polar surface area (TPSA) is 46.9 Å². The first-order chi connectivity index (χ1) is 10.6. The van der Waals surface area contributed by atoms with Crippen molar-refractivity contribution in [3.63, 3.8) is 0 Å². The van der Waals surface area contributed by atoms with E-state index in [9.17, 15) is 4.79 Å². The summed E-state index contributed by atoms with van der Waals surface area (Å²) in [5, 5.41) is 8.13. The van der Waals surface area contributed by atoms with Crippen LogP contribution in [0.25, 0.3) is 0 Å². The Labute approximate surface area is 135 Å². The average molecular weight is 318 g/mol. The summed E-state index contributed by atoms with van der Waals surface area (Å²) in [6.07, 6.45) is 7.79. The Morgan fingerprint density at radius 1 is 1.32 bits per heavy atom. The highest BCUT2D eigenvalue weighted by atomic mass is 35.5. The molecule has 1 amide bonds. The third-order valence-corrected chi connectivity index (χ3v) is 4.54. The summed E-state index contributed by atoms with van der Waals surface area (Å²) >= 11 is 6.07. The van der Waals surface area contributed by atoms with E-state index in [4.69, 9.17) is 11.6 Å². The molecule has 116 valence electrons. The predicted octanol–water partition coefficient (Wildman–Crippen LogP) is 3.75. The lowest BCUT2D eigenvalue weighted by molar-refractivity contribution is -0.116. The molecule has 0 atom stereocenters. The van der Waals surface area contributed by atoms with Crippen LogP contribution in [-0.4, -0.2) is 15.7 Å². The van der Waals surface area contributed by atoms with Crippen LogP contribution in [0.5, 0.6) is 0 Å². The number of benzene rings is 1. The molecule has 3 rings (SSSR count). The normalized spacial score (nSPS) is 14.3. The molecule has 2 aromatic rings. The second-order valence-corrected chi connectivity index (χ2v) is 6.23. The Hall–Kier alpha value is -1.81. The molecule has 0 saturated heterocycles. The second-order valence-electron chi connectivity index (χ2n) is 5.82. The Morgan fingerprint density at radius 3 is 3.00 bits per heavy atom. The van der Waals surface area contributed by atoms with Gasteiger partial charge in [-0.1, -0.05) is 24.1 Å². The van der Waals surface area contributed by atoms with Crippen molar-refractivity contribution in [2.45, 2.75) is 45.6 Å². The number of carbonyl (C=O) groups excluding carboxylic acids is 1. The summed E-state index contributed by atoms with van der Waals surface area (Å²) in [5.41, 5.74) is 4.09. The van der Waals surface area contributed by atoms with Gasteiger partial charge < -0.3 is 5.32 Å². The maximum Gasteiger partial charge on any atom is 0.246 e. The van der Waals surface area contributed by atoms with E-state index >= 15 is 0 Å². The van der Waals surface area contributed by atoms with Gasteiger partial charge >= 0.3 is 0 Å². The average Bonchev–Trinajstić information content (AvgIpc) is 2.72. The first-order valence-corrected chi connectivity index (χ1v) is 8.11. The van der Waals surface area contributed by atoms with Crippen molar-refractivity contribution in [1.29, 1.82) is 0 Å². The number of aromatic nitrogens is 2. The fourth-order valence-corrected chi connectivity index (χ4v) is 3.04. The zero-order chi connectivity index (χ0) is 15.5. The van der Waals surface area contributed by atoms with Crippen LogP contribution in [0.3, 0.4) is 0 Å². The third-order valence-electron chi connectivity index (χ3n) is 4.13. The molecule has 0 aliphatic heterocycles. The summed E-state index contributed by atoms with van der Waals surface area (Å²) in [7, 11) is 0. The van der Waals surface area contributed by atoms with Gasteiger partial charge in [0.25, 0.3) is 0 Å². The first-order valence-electron chi connectivity index (χ1n) is 7.73. The molecule has 1 aromatic heterocycles. The number of fused-ring (bicyclic) bond motifs is 1. The molecule has 1 aliphatic carbocycles. The van der Waals surface area contributed by atoms with E-state index in [2.05, 4.69) is 10.4 Å². The fraction of sp³-hybridized carbons (Fsp3) is 0.412. The summed E-state index contributed by atoms with van der Waals surface area (Å²) in [5.74, 6) is -0.0805. The monoisotopic (exact) mass is 317 g/mol. The molecule has 0 saturated carbocycles. The van der Waals surface area contributed by atoms with Gasteiger partial charge in [0, 0.05) is 16.9 Å². The molecule has 4 nitrogen and oxygen atoms in total. The van der Waals surface area contributed by atoms with E-state index < -0.39 is 0 Å². The van der Waals surface area contributed by atoms with Crippen LogP contribution in [0.1, 0.15) is 36.1 Å². The van der Waals surface area contributed by atoms with Crippen LogP contribution in [-0.2, 0) is 24.2 Å². The summed E-state index contributed by atoms with van der Waals surface area (Å²) in [6.45, 7) is 2.13. The van der Waals surface area contributed by atoms with Gasteiger partial charge in [-0.25, -0.2) is 0 Å². The molecule has 1 aliphatic rings. The van der Waals surface area contributed by atoms with Crippen LogP contribution in [0.15, 0.2) is 24.4 Å². The second kappa shape index (κ2) is 6.53. The van der Waals surface area contributed by atoms with Gasteiger partial charge in [0.15, 0.2) is 0 Å². The number of carbonyl (C=O) groups is 1. The van der Waals surface area contributed by atoms with Crippen LogP contribution in [0.2, 0.25) is 5.02 Å². The maximum atomic E-state index is 12.2. The van der Waals surface area contributed by atoms with E-state index in [1.54, 1.807) is 4.68 Å². The van der Waals surface area contributed by atoms with Crippen LogP contribution in [0, 0.1) is 6.92 Å². The summed E-state index contributed by atoms with van der Waals surface area (Å²) in [4.78, 5) is 12.2. The highest BCUT2D eigenvalue weighted by molar-refractivity contribution is 6.31. The quantitative estimate of drug-likeness (QED) is 0.876. The lowest BCUT2D eigenvalue weighted by atomic mass is 10.1. The van der Waals surface area contributed by atoms with Crippen LogP contribution < -0.4 is 5.32 Å². The molecule has 0 spiro atoms. The molecule has 0 radical (unpaired) electrons. The van der Waals surface area contributed by atoms with Crippen molar-refractivity contribution in [1.82, 2.24) is 9.78 Å². The van der Waals surface area contributed by atoms with Gasteiger partial charge in [0.1, 0.15) is 6.54 Å². The molecule has 0 fully saturated rings. The molecule has 1 aromatic carbocycles. The molecular weight excluding hydrogens is 298 g/mol. The zero-order valence-corrected chi connectivity index (χ0v) is 13.5. The number of rotatable bonds is 3. The number of nitrogens with zero attached hydrogens (tertiary/aromatic N) is 2. The lowest BCUT2D eigenvalue weighted by Crippen LogP contribution is -2.19. The number of hydrogen-bond acceptors (Lipinski definition) is 2. The molecule has 1 heterocycles. The number of halogens is 1. The molecule has 0 bridgehead atoms. The highest BCUT2D eigenvalue weighted by Crippen LogP contribution is 2.23. The van der Waals surface area contributed by atoms with Gasteiger partial charge in [-0.3, -0.25) is 9.48 Å². The summed E-state index contributed by atoms with van der Waals surface area (Å²) < 4.78 is 1.76. The Kier molecular flexibility index (Phi) is 4.48. The molecule has 0 unspecified atom stereocenters. The van der Waals surface area contributed by atoms with Crippen molar-refractivity contribution in [2.24, 2.45) is 0 Å². The smallest absolute Gasteiger partial charge is 0.246 e. The standard InChI is InChI=1S/C17H20ClN3O/c1-12-14(18)7-5-9-15(12)19-17(22)11-21-10-13-6-3-2-4-8-16(13)20-21/h5,7,9-10H,2-4,6,8,11H2,1H3,(H,19,22). The van der Waals surface area contributed by atoms with Crippen LogP contribution >= 0.6 is 11.6 Å². The minimum absolute atomic E-state index is 0.0805. The number of aryl methyl sites for hydroxylation is 2. The molecule has 1 N–H and O–H groups in total. The Balaban J connectivity index is 1.68. The molecule has 5 heteroatoms. The van der Waals surface area contributed by atoms with E-state index in [1.165, 1.54) is 24.8 Å². The molecule has 22 heavy (non-hydrogen) atoms. The largest absolute Gasteiger partial charge is 0.324 e. The van der Waals surface area contributed by atoms with Gasteiger partial charge in [-0.05, 0) is 55.9 Å². The minimum atomic E-state index is -0.0805. The van der Waals surface area contributed by atoms with Crippen molar-refractivity contribution in [3.05, 3.63) is 46.2 Å². The Bertz CT molecular complexity index is 670. The van der Waals surface area contributed by atoms with Gasteiger partial charge in [-0.15, -0.1) is 0 Å². The molecular formula is C17H20ClN3O. The summed E-state index contributed by atoms with van der Waals surface area (Å²) in [6, 6.07) is 5.51. The highest BCUT2D eigenvalue weighted by Gasteiger charge is 2.14. The van der Waals surface area contributed by atoms with Crippen molar-refractivity contribution in [2.75, 3.05) is 5.32 Å². The van der Waals surface area contributed by atoms with Crippen LogP contribution in [0.4, 0.5) is 5.69 Å². The van der Waals surface area contributed by atoms with Crippen molar-refractivity contribution < 1.29 is 4.79 Å². The van der Waals surface area contributed by atoms with Crippen molar-refractivity contribution in [3.8, 4) is 0 Å². The number of nitrogens with one attached hydrogen (secondary N) is 1. The van der Waals surface area contributed by atoms with E-state index in [1.807, 2.05) is 31.3 Å². The van der Waals surface area contributed by atoms with Gasteiger partial charge in [-0.2, -0.15) is 5.10 Å². The third kappa shape index (κ3) is 3.33. The SMILES string of the molecule is Cc1c(Cl)cccc1NC(=O)Cn1cc2c(n1)CCCCC2. The zero-order valence-electron chi connectivity index (χ0n) is 12.7. The number of anilines is 1. The minimum Gasteiger partial charge on any atom is -0.324 e. The van der Waals surface area contributed by atoms with E-state index in [0.29, 0.717) is 5.02 Å². The Morgan fingerprint density at radius 2 is 2.14 bits per heavy atom. The predicted molar refractivity (Wildman–Crippen MR) is 88.3 cm³/mol. The fourth-order valence-electron chi connectivity index (χ4n) is 2.87. The number of amides is 1. The maximum absolute atomic E-state index is 12.2. The number of hydrogen-bond donors (Lipinski definition) is 1. The lowest BCUT2D eigenvalue weighted by Gasteiger charge is -2.09. The van der Waals surface area contributed by atoms with Crippen molar-refractivity contribution >= 4 is 23.2 Å². The van der Waals surface area contributed by atoms with Gasteiger partial charge in [0.05, 0.1) is 5.69 Å². The van der Waals surface area contributed by atoms with E-state index in [-0.39, 0.29) is 12.5 Å². The first kappa shape index (κ1) is 15.1. The van der Waals surface area contributed by atoms with E-state index in [0.717, 1.165) is 29.8 Å². The van der Waals surface area contributed by atoms with Gasteiger partial charge in [0.2, 0.25) is 5.91 Å².